The smallest absolute Gasteiger partial charge is 0.149 e. The second-order valence-electron chi connectivity index (χ2n) is 4.48. The van der Waals surface area contributed by atoms with Crippen LogP contribution in [0.15, 0.2) is 36.7 Å². The molecule has 0 amide bonds. The number of anilines is 1. The van der Waals surface area contributed by atoms with Gasteiger partial charge in [-0.1, -0.05) is 29.8 Å². The van der Waals surface area contributed by atoms with Crippen molar-refractivity contribution in [1.82, 2.24) is 9.97 Å². The Hall–Kier alpha value is -1.81. The van der Waals surface area contributed by atoms with Crippen molar-refractivity contribution in [3.8, 4) is 5.75 Å². The second kappa shape index (κ2) is 5.45. The molecule has 0 saturated carbocycles. The van der Waals surface area contributed by atoms with Crippen LogP contribution in [0.5, 0.6) is 5.75 Å². The number of nitrogens with one attached hydrogen (secondary N) is 1. The number of rotatable bonds is 3. The summed E-state index contributed by atoms with van der Waals surface area (Å²) in [7, 11) is 0. The first kappa shape index (κ1) is 12.2. The van der Waals surface area contributed by atoms with E-state index in [1.807, 2.05) is 18.2 Å². The lowest BCUT2D eigenvalue weighted by molar-refractivity contribution is 0.270. The van der Waals surface area contributed by atoms with Crippen molar-refractivity contribution in [1.29, 1.82) is 0 Å². The summed E-state index contributed by atoms with van der Waals surface area (Å²) in [6.45, 7) is 1.56. The maximum absolute atomic E-state index is 5.81. The molecule has 0 bridgehead atoms. The third-order valence-corrected chi connectivity index (χ3v) is 3.40. The minimum Gasteiger partial charge on any atom is -0.493 e. The molecule has 98 valence electrons. The Balaban J connectivity index is 1.71. The maximum atomic E-state index is 5.81. The van der Waals surface area contributed by atoms with Crippen LogP contribution >= 0.6 is 11.6 Å². The van der Waals surface area contributed by atoms with E-state index in [1.165, 1.54) is 11.8 Å². The van der Waals surface area contributed by atoms with Crippen molar-refractivity contribution in [2.75, 3.05) is 18.5 Å². The van der Waals surface area contributed by atoms with Crippen LogP contribution in [0.4, 0.5) is 5.82 Å². The summed E-state index contributed by atoms with van der Waals surface area (Å²) in [5.74, 6) is 2.11. The van der Waals surface area contributed by atoms with Gasteiger partial charge in [0.05, 0.1) is 19.0 Å². The van der Waals surface area contributed by atoms with E-state index in [4.69, 9.17) is 16.3 Å². The van der Waals surface area contributed by atoms with E-state index in [9.17, 15) is 0 Å². The Kier molecular flexibility index (Phi) is 3.51. The zero-order valence-corrected chi connectivity index (χ0v) is 11.1. The highest BCUT2D eigenvalue weighted by molar-refractivity contribution is 6.29. The predicted molar refractivity (Wildman–Crippen MR) is 74.8 cm³/mol. The van der Waals surface area contributed by atoms with Gasteiger partial charge in [0.1, 0.15) is 16.7 Å². The van der Waals surface area contributed by atoms with Crippen LogP contribution in [-0.2, 0) is 0 Å². The highest BCUT2D eigenvalue weighted by Gasteiger charge is 2.20. The number of aromatic nitrogens is 2. The highest BCUT2D eigenvalue weighted by atomic mass is 35.5. The Labute approximate surface area is 116 Å². The van der Waals surface area contributed by atoms with Crippen LogP contribution in [0, 0.1) is 0 Å². The molecule has 0 saturated heterocycles. The molecule has 1 unspecified atom stereocenters. The Bertz CT molecular complexity index is 576. The van der Waals surface area contributed by atoms with Crippen molar-refractivity contribution in [3.05, 3.63) is 47.4 Å². The molecule has 2 aromatic rings. The van der Waals surface area contributed by atoms with E-state index >= 15 is 0 Å². The van der Waals surface area contributed by atoms with Crippen LogP contribution < -0.4 is 10.1 Å². The summed E-state index contributed by atoms with van der Waals surface area (Å²) in [5, 5.41) is 3.68. The number of hydrogen-bond acceptors (Lipinski definition) is 4. The molecule has 1 aromatic heterocycles. The molecular weight excluding hydrogens is 262 g/mol. The van der Waals surface area contributed by atoms with Crippen LogP contribution in [0.3, 0.4) is 0 Å². The molecule has 5 heteroatoms. The van der Waals surface area contributed by atoms with Gasteiger partial charge in [-0.05, 0) is 18.1 Å². The molecule has 1 atom stereocenters. The molecule has 0 aliphatic carbocycles. The molecule has 3 rings (SSSR count). The quantitative estimate of drug-likeness (QED) is 0.935. The number of nitrogens with zero attached hydrogens (tertiary/aromatic N) is 2. The van der Waals surface area contributed by atoms with E-state index in [-0.39, 0.29) is 0 Å². The van der Waals surface area contributed by atoms with E-state index < -0.39 is 0 Å². The zero-order chi connectivity index (χ0) is 13.1. The first-order valence-electron chi connectivity index (χ1n) is 6.26. The average Bonchev–Trinajstić information content (AvgIpc) is 2.45. The predicted octanol–water partition coefficient (Wildman–Crippen LogP) is 3.11. The normalized spacial score (nSPS) is 17.4. The Morgan fingerprint density at radius 1 is 1.32 bits per heavy atom. The number of fused-ring (bicyclic) bond motifs is 1. The van der Waals surface area contributed by atoms with Gasteiger partial charge < -0.3 is 10.1 Å². The van der Waals surface area contributed by atoms with Crippen LogP contribution in [0.2, 0.25) is 5.15 Å². The lowest BCUT2D eigenvalue weighted by Crippen LogP contribution is -2.21. The molecular formula is C14H14ClN3O. The number of benzene rings is 1. The highest BCUT2D eigenvalue weighted by Crippen LogP contribution is 2.33. The van der Waals surface area contributed by atoms with Gasteiger partial charge >= 0.3 is 0 Å². The summed E-state index contributed by atoms with van der Waals surface area (Å²) < 4.78 is 5.65. The fourth-order valence-electron chi connectivity index (χ4n) is 2.28. The largest absolute Gasteiger partial charge is 0.493 e. The van der Waals surface area contributed by atoms with E-state index in [0.29, 0.717) is 16.9 Å². The summed E-state index contributed by atoms with van der Waals surface area (Å²) in [6.07, 6.45) is 4.20. The van der Waals surface area contributed by atoms with Crippen LogP contribution in [-0.4, -0.2) is 23.1 Å². The molecule has 1 aliphatic rings. The molecule has 0 spiro atoms. The van der Waals surface area contributed by atoms with Gasteiger partial charge in [-0.3, -0.25) is 4.98 Å². The van der Waals surface area contributed by atoms with Crippen molar-refractivity contribution >= 4 is 17.4 Å². The number of ether oxygens (including phenoxy) is 1. The lowest BCUT2D eigenvalue weighted by Gasteiger charge is -2.26. The van der Waals surface area contributed by atoms with Gasteiger partial charge in [0.2, 0.25) is 0 Å². The van der Waals surface area contributed by atoms with E-state index in [1.54, 1.807) is 6.20 Å². The third-order valence-electron chi connectivity index (χ3n) is 3.22. The molecule has 1 aromatic carbocycles. The number of para-hydroxylation sites is 1. The van der Waals surface area contributed by atoms with Gasteiger partial charge in [0.25, 0.3) is 0 Å². The average molecular weight is 276 g/mol. The summed E-state index contributed by atoms with van der Waals surface area (Å²) >= 11 is 5.81. The van der Waals surface area contributed by atoms with Crippen molar-refractivity contribution < 1.29 is 4.74 Å². The zero-order valence-electron chi connectivity index (χ0n) is 10.3. The van der Waals surface area contributed by atoms with Gasteiger partial charge in [-0.15, -0.1) is 0 Å². The van der Waals surface area contributed by atoms with E-state index in [0.717, 1.165) is 25.3 Å². The van der Waals surface area contributed by atoms with Gasteiger partial charge in [0, 0.05) is 12.5 Å². The topological polar surface area (TPSA) is 47.0 Å². The summed E-state index contributed by atoms with van der Waals surface area (Å²) in [6, 6.07) is 8.17. The molecule has 0 radical (unpaired) electrons. The van der Waals surface area contributed by atoms with Crippen molar-refractivity contribution in [2.45, 2.75) is 12.3 Å². The van der Waals surface area contributed by atoms with Crippen LogP contribution in [0.25, 0.3) is 0 Å². The molecule has 0 fully saturated rings. The van der Waals surface area contributed by atoms with Gasteiger partial charge in [-0.25, -0.2) is 4.98 Å². The summed E-state index contributed by atoms with van der Waals surface area (Å²) in [4.78, 5) is 8.18. The fourth-order valence-corrected chi connectivity index (χ4v) is 2.43. The molecule has 19 heavy (non-hydrogen) atoms. The number of hydrogen-bond donors (Lipinski definition) is 1. The van der Waals surface area contributed by atoms with E-state index in [2.05, 4.69) is 21.4 Å². The standard InChI is InChI=1S/C14H14ClN3O/c15-13-8-16-9-14(18-13)17-7-10-5-6-19-12-4-2-1-3-11(10)12/h1-4,8-10H,5-7H2,(H,17,18). The Morgan fingerprint density at radius 3 is 3.11 bits per heavy atom. The number of halogens is 1. The minimum absolute atomic E-state index is 0.400. The molecule has 2 heterocycles. The minimum atomic E-state index is 0.400. The lowest BCUT2D eigenvalue weighted by atomic mass is 9.93. The van der Waals surface area contributed by atoms with Gasteiger partial charge in [-0.2, -0.15) is 0 Å². The first-order chi connectivity index (χ1) is 9.33. The first-order valence-corrected chi connectivity index (χ1v) is 6.64. The van der Waals surface area contributed by atoms with Crippen molar-refractivity contribution in [3.63, 3.8) is 0 Å². The molecule has 1 N–H and O–H groups in total. The fraction of sp³-hybridized carbons (Fsp3) is 0.286. The monoisotopic (exact) mass is 275 g/mol. The third kappa shape index (κ3) is 2.79. The molecule has 1 aliphatic heterocycles. The summed E-state index contributed by atoms with van der Waals surface area (Å²) in [5.41, 5.74) is 1.25. The van der Waals surface area contributed by atoms with Gasteiger partial charge in [0.15, 0.2) is 0 Å². The van der Waals surface area contributed by atoms with Crippen molar-refractivity contribution in [2.24, 2.45) is 0 Å². The Morgan fingerprint density at radius 2 is 2.21 bits per heavy atom. The molecule has 4 nitrogen and oxygen atoms in total. The SMILES string of the molecule is Clc1cncc(NCC2CCOc3ccccc32)n1. The second-order valence-corrected chi connectivity index (χ2v) is 4.87. The van der Waals surface area contributed by atoms with Crippen LogP contribution in [0.1, 0.15) is 17.9 Å². The maximum Gasteiger partial charge on any atom is 0.149 e.